The van der Waals surface area contributed by atoms with Crippen LogP contribution in [0.5, 0.6) is 0 Å². The number of allylic oxidation sites excluding steroid dienone is 14. The topological polar surface area (TPSA) is 108 Å². The first-order valence-electron chi connectivity index (χ1n) is 33.8. The average molecular weight is 1140 g/mol. The van der Waals surface area contributed by atoms with Gasteiger partial charge in [-0.15, -0.1) is 0 Å². The molecule has 0 bridgehead atoms. The summed E-state index contributed by atoms with van der Waals surface area (Å²) in [5, 5.41) is 9.72. The van der Waals surface area contributed by atoms with Gasteiger partial charge in [0.1, 0.15) is 13.2 Å². The van der Waals surface area contributed by atoms with Gasteiger partial charge < -0.3 is 28.5 Å². The zero-order chi connectivity index (χ0) is 59.1. The standard InChI is InChI=1S/C72H127NO8/c1-6-8-10-12-14-16-18-20-22-24-26-27-28-29-30-31-32-33-34-35-36-37-38-39-40-41-42-43-45-46-48-50-52-54-56-58-60-62-69(74)79-66-68(67-80-72(71(76)77)78-65-64-73(3,4)5)81-70(75)63-61-59-57-55-53-51-49-47-44-25-23-21-19-17-15-13-11-9-7-2/h9,11,15,17-18,20-21,23-24,26,28-29,44,47,68,72H,6-8,10,12-14,16,19,22,25,27,30-43,45-46,48-67H2,1-5H3/p+1/b11-9-,17-15-,20-18-,23-21-,26-24-,29-28-,47-44-. The first-order chi connectivity index (χ1) is 39.6. The van der Waals surface area contributed by atoms with Gasteiger partial charge in [-0.1, -0.05) is 279 Å². The van der Waals surface area contributed by atoms with Gasteiger partial charge in [-0.2, -0.15) is 0 Å². The zero-order valence-corrected chi connectivity index (χ0v) is 53.4. The first-order valence-corrected chi connectivity index (χ1v) is 33.8. The van der Waals surface area contributed by atoms with Crippen LogP contribution >= 0.6 is 0 Å². The molecule has 0 heterocycles. The van der Waals surface area contributed by atoms with Crippen molar-refractivity contribution in [3.63, 3.8) is 0 Å². The van der Waals surface area contributed by atoms with E-state index in [1.807, 2.05) is 21.1 Å². The molecule has 0 saturated heterocycles. The lowest BCUT2D eigenvalue weighted by Crippen LogP contribution is -2.40. The smallest absolute Gasteiger partial charge is 0.361 e. The fourth-order valence-electron chi connectivity index (χ4n) is 9.48. The molecule has 9 heteroatoms. The predicted octanol–water partition coefficient (Wildman–Crippen LogP) is 20.7. The number of carboxylic acid groups (broad SMARTS) is 1. The fraction of sp³-hybridized carbons (Fsp3) is 0.764. The maximum absolute atomic E-state index is 12.9. The maximum atomic E-state index is 12.9. The lowest BCUT2D eigenvalue weighted by molar-refractivity contribution is -0.870. The number of likely N-dealkylation sites (N-methyl/N-ethyl adjacent to an activating group) is 1. The van der Waals surface area contributed by atoms with Gasteiger partial charge in [-0.3, -0.25) is 9.59 Å². The van der Waals surface area contributed by atoms with E-state index in [4.69, 9.17) is 18.9 Å². The normalized spacial score (nSPS) is 13.2. The van der Waals surface area contributed by atoms with Gasteiger partial charge in [0, 0.05) is 12.8 Å². The molecule has 0 saturated carbocycles. The van der Waals surface area contributed by atoms with Crippen molar-refractivity contribution < 1.29 is 42.9 Å². The number of carbonyl (C=O) groups is 3. The molecule has 0 radical (unpaired) electrons. The van der Waals surface area contributed by atoms with Crippen LogP contribution in [0.15, 0.2) is 85.1 Å². The van der Waals surface area contributed by atoms with Crippen LogP contribution in [0.1, 0.15) is 296 Å². The largest absolute Gasteiger partial charge is 0.477 e. The molecule has 81 heavy (non-hydrogen) atoms. The highest BCUT2D eigenvalue weighted by molar-refractivity contribution is 5.71. The van der Waals surface area contributed by atoms with E-state index in [-0.39, 0.29) is 32.2 Å². The Balaban J connectivity index is 4.03. The monoisotopic (exact) mass is 1130 g/mol. The Morgan fingerprint density at radius 2 is 0.704 bits per heavy atom. The van der Waals surface area contributed by atoms with E-state index in [0.29, 0.717) is 23.9 Å². The van der Waals surface area contributed by atoms with E-state index < -0.39 is 24.3 Å². The highest BCUT2D eigenvalue weighted by Gasteiger charge is 2.25. The SMILES string of the molecule is CC/C=C\C/C=C\C/C=C\C/C=C\CCCCCCCCC(=O)OC(COC(=O)CCCCCCCCCCCCCCCCCCCCCCCC/C=C\C/C=C\C/C=C\CCCCCCC)COC(OCC[N+](C)(C)C)C(=O)O. The number of hydrogen-bond acceptors (Lipinski definition) is 7. The van der Waals surface area contributed by atoms with Crippen molar-refractivity contribution in [1.29, 1.82) is 0 Å². The molecule has 0 rings (SSSR count). The highest BCUT2D eigenvalue weighted by Crippen LogP contribution is 2.17. The molecule has 0 aromatic rings. The third-order valence-corrected chi connectivity index (χ3v) is 14.6. The molecule has 468 valence electrons. The number of esters is 2. The second kappa shape index (κ2) is 62.5. The quantitative estimate of drug-likeness (QED) is 0.0211. The van der Waals surface area contributed by atoms with E-state index in [9.17, 15) is 19.5 Å². The van der Waals surface area contributed by atoms with Gasteiger partial charge >= 0.3 is 17.9 Å². The van der Waals surface area contributed by atoms with Gasteiger partial charge in [0.25, 0.3) is 6.29 Å². The summed E-state index contributed by atoms with van der Waals surface area (Å²) in [5.41, 5.74) is 0. The van der Waals surface area contributed by atoms with Gasteiger partial charge in [-0.25, -0.2) is 4.79 Å². The summed E-state index contributed by atoms with van der Waals surface area (Å²) in [5.74, 6) is -2.02. The summed E-state index contributed by atoms with van der Waals surface area (Å²) in [4.78, 5) is 37.5. The number of nitrogens with zero attached hydrogens (tertiary/aromatic N) is 1. The number of unbranched alkanes of at least 4 members (excludes halogenated alkanes) is 33. The third-order valence-electron chi connectivity index (χ3n) is 14.6. The van der Waals surface area contributed by atoms with Crippen LogP contribution in [0.2, 0.25) is 0 Å². The number of carbonyl (C=O) groups excluding carboxylic acids is 2. The molecule has 0 amide bonds. The molecule has 0 spiro atoms. The Morgan fingerprint density at radius 1 is 0.383 bits per heavy atom. The minimum Gasteiger partial charge on any atom is -0.477 e. The van der Waals surface area contributed by atoms with Crippen molar-refractivity contribution in [2.24, 2.45) is 0 Å². The van der Waals surface area contributed by atoms with E-state index in [2.05, 4.69) is 98.9 Å². The first kappa shape index (κ1) is 77.5. The van der Waals surface area contributed by atoms with Crippen molar-refractivity contribution in [3.05, 3.63) is 85.1 Å². The highest BCUT2D eigenvalue weighted by atomic mass is 16.7. The van der Waals surface area contributed by atoms with Crippen molar-refractivity contribution in [2.45, 2.75) is 309 Å². The third kappa shape index (κ3) is 63.9. The summed E-state index contributed by atoms with van der Waals surface area (Å²) in [6, 6.07) is 0. The zero-order valence-electron chi connectivity index (χ0n) is 53.4. The lowest BCUT2D eigenvalue weighted by atomic mass is 10.0. The van der Waals surface area contributed by atoms with Crippen molar-refractivity contribution in [2.75, 3.05) is 47.5 Å². The summed E-state index contributed by atoms with van der Waals surface area (Å²) in [7, 11) is 5.97. The summed E-state index contributed by atoms with van der Waals surface area (Å²) in [6.45, 7) is 4.76. The van der Waals surface area contributed by atoms with Crippen molar-refractivity contribution >= 4 is 17.9 Å². The van der Waals surface area contributed by atoms with Crippen LogP contribution in [-0.2, 0) is 33.3 Å². The average Bonchev–Trinajstić information content (AvgIpc) is 3.44. The fourth-order valence-corrected chi connectivity index (χ4v) is 9.48. The minimum absolute atomic E-state index is 0.182. The van der Waals surface area contributed by atoms with E-state index >= 15 is 0 Å². The Labute approximate surface area is 500 Å². The Morgan fingerprint density at radius 3 is 1.05 bits per heavy atom. The molecular weight excluding hydrogens is 1010 g/mol. The van der Waals surface area contributed by atoms with Crippen LogP contribution < -0.4 is 0 Å². The van der Waals surface area contributed by atoms with Crippen LogP contribution in [0.4, 0.5) is 0 Å². The van der Waals surface area contributed by atoms with Gasteiger partial charge in [-0.05, 0) is 89.9 Å². The van der Waals surface area contributed by atoms with Gasteiger partial charge in [0.2, 0.25) is 0 Å². The van der Waals surface area contributed by atoms with Gasteiger partial charge in [0.05, 0.1) is 34.4 Å². The van der Waals surface area contributed by atoms with E-state index in [1.165, 1.54) is 167 Å². The number of aliphatic carboxylic acids is 1. The molecule has 0 aliphatic heterocycles. The molecule has 2 unspecified atom stereocenters. The predicted molar refractivity (Wildman–Crippen MR) is 346 cm³/mol. The van der Waals surface area contributed by atoms with Gasteiger partial charge in [0.15, 0.2) is 6.10 Å². The molecule has 2 atom stereocenters. The van der Waals surface area contributed by atoms with Crippen LogP contribution in [0, 0.1) is 0 Å². The molecule has 0 aliphatic carbocycles. The molecule has 0 aromatic carbocycles. The van der Waals surface area contributed by atoms with E-state index in [1.54, 1.807) is 0 Å². The second-order valence-corrected chi connectivity index (χ2v) is 23.7. The second-order valence-electron chi connectivity index (χ2n) is 23.7. The summed E-state index contributed by atoms with van der Waals surface area (Å²) in [6.07, 6.45) is 81.3. The Kier molecular flexibility index (Phi) is 59.8. The number of carboxylic acids is 1. The number of hydrogen-bond donors (Lipinski definition) is 1. The minimum atomic E-state index is -1.52. The Bertz CT molecular complexity index is 1600. The number of quaternary nitrogens is 1. The summed E-state index contributed by atoms with van der Waals surface area (Å²) < 4.78 is 22.9. The lowest BCUT2D eigenvalue weighted by Gasteiger charge is -2.25. The molecule has 0 aromatic heterocycles. The maximum Gasteiger partial charge on any atom is 0.361 e. The van der Waals surface area contributed by atoms with Crippen LogP contribution in [0.25, 0.3) is 0 Å². The molecule has 0 fully saturated rings. The number of ether oxygens (including phenoxy) is 4. The summed E-state index contributed by atoms with van der Waals surface area (Å²) >= 11 is 0. The molecule has 1 N–H and O–H groups in total. The molecular formula is C72H128NO8+. The van der Waals surface area contributed by atoms with Crippen molar-refractivity contribution in [1.82, 2.24) is 0 Å². The van der Waals surface area contributed by atoms with Crippen LogP contribution in [-0.4, -0.2) is 87.4 Å². The van der Waals surface area contributed by atoms with Crippen LogP contribution in [0.3, 0.4) is 0 Å². The number of rotatable bonds is 62. The Hall–Kier alpha value is -3.53. The van der Waals surface area contributed by atoms with E-state index in [0.717, 1.165) is 96.3 Å². The molecule has 0 aliphatic rings. The molecule has 9 nitrogen and oxygen atoms in total. The van der Waals surface area contributed by atoms with Crippen molar-refractivity contribution in [3.8, 4) is 0 Å².